The molecule has 100 valence electrons. The predicted octanol–water partition coefficient (Wildman–Crippen LogP) is 4.46. The van der Waals surface area contributed by atoms with E-state index >= 15 is 0 Å². The van der Waals surface area contributed by atoms with Gasteiger partial charge in [0.25, 0.3) is 0 Å². The lowest BCUT2D eigenvalue weighted by Gasteiger charge is -2.04. The van der Waals surface area contributed by atoms with Gasteiger partial charge in [-0.05, 0) is 23.6 Å². The number of thioether (sulfide) groups is 1. The summed E-state index contributed by atoms with van der Waals surface area (Å²) in [6.45, 7) is 0. The van der Waals surface area contributed by atoms with E-state index in [0.717, 1.165) is 17.2 Å². The molecule has 0 radical (unpaired) electrons. The minimum Gasteiger partial charge on any atom is -0.274 e. The summed E-state index contributed by atoms with van der Waals surface area (Å²) in [4.78, 5) is 4.79. The average molecular weight is 279 g/mol. The van der Waals surface area contributed by atoms with Crippen molar-refractivity contribution >= 4 is 22.9 Å². The molecule has 0 saturated heterocycles. The summed E-state index contributed by atoms with van der Waals surface area (Å²) in [7, 11) is 0. The van der Waals surface area contributed by atoms with Crippen LogP contribution in [0.25, 0.3) is 6.08 Å². The molecular formula is C18H17NS. The fourth-order valence-corrected chi connectivity index (χ4v) is 3.19. The Morgan fingerprint density at radius 2 is 1.65 bits per heavy atom. The van der Waals surface area contributed by atoms with Gasteiger partial charge in [-0.1, -0.05) is 66.7 Å². The van der Waals surface area contributed by atoms with Crippen LogP contribution >= 0.6 is 11.8 Å². The molecule has 2 heteroatoms. The van der Waals surface area contributed by atoms with Crippen molar-refractivity contribution in [3.63, 3.8) is 0 Å². The molecule has 0 aromatic heterocycles. The van der Waals surface area contributed by atoms with Crippen molar-refractivity contribution in [1.29, 1.82) is 0 Å². The summed E-state index contributed by atoms with van der Waals surface area (Å²) in [5.41, 5.74) is 2.59. The molecule has 0 aliphatic carbocycles. The molecular weight excluding hydrogens is 262 g/mol. The molecule has 1 nitrogen and oxygen atoms in total. The van der Waals surface area contributed by atoms with E-state index in [1.54, 1.807) is 0 Å². The predicted molar refractivity (Wildman–Crippen MR) is 89.3 cm³/mol. The second kappa shape index (κ2) is 6.58. The second-order valence-electron chi connectivity index (χ2n) is 4.87. The Balaban J connectivity index is 1.62. The van der Waals surface area contributed by atoms with Crippen LogP contribution in [-0.4, -0.2) is 16.8 Å². The summed E-state index contributed by atoms with van der Waals surface area (Å²) >= 11 is 1.85. The summed E-state index contributed by atoms with van der Waals surface area (Å²) < 4.78 is 0. The van der Waals surface area contributed by atoms with Crippen molar-refractivity contribution in [2.75, 3.05) is 5.75 Å². The second-order valence-corrected chi connectivity index (χ2v) is 5.91. The quantitative estimate of drug-likeness (QED) is 0.805. The molecule has 1 heterocycles. The van der Waals surface area contributed by atoms with Gasteiger partial charge >= 0.3 is 0 Å². The van der Waals surface area contributed by atoms with Crippen molar-refractivity contribution in [3.8, 4) is 0 Å². The molecule has 0 unspecified atom stereocenters. The van der Waals surface area contributed by atoms with Gasteiger partial charge in [-0.3, -0.25) is 4.99 Å². The molecule has 1 aliphatic rings. The number of benzene rings is 2. The van der Waals surface area contributed by atoms with Crippen molar-refractivity contribution in [2.24, 2.45) is 4.99 Å². The van der Waals surface area contributed by atoms with Gasteiger partial charge in [0, 0.05) is 5.75 Å². The molecule has 0 N–H and O–H groups in total. The van der Waals surface area contributed by atoms with Crippen LogP contribution in [0.1, 0.15) is 11.1 Å². The van der Waals surface area contributed by atoms with E-state index in [0.29, 0.717) is 6.04 Å². The minimum absolute atomic E-state index is 0.415. The molecule has 0 fully saturated rings. The zero-order valence-electron chi connectivity index (χ0n) is 11.3. The molecule has 3 rings (SSSR count). The number of hydrogen-bond acceptors (Lipinski definition) is 2. The van der Waals surface area contributed by atoms with Crippen molar-refractivity contribution < 1.29 is 0 Å². The van der Waals surface area contributed by atoms with E-state index in [4.69, 9.17) is 4.99 Å². The zero-order valence-corrected chi connectivity index (χ0v) is 12.1. The maximum Gasteiger partial charge on any atom is 0.0909 e. The highest BCUT2D eigenvalue weighted by atomic mass is 32.2. The molecule has 20 heavy (non-hydrogen) atoms. The van der Waals surface area contributed by atoms with E-state index in [-0.39, 0.29) is 0 Å². The zero-order chi connectivity index (χ0) is 13.6. The lowest BCUT2D eigenvalue weighted by Crippen LogP contribution is -2.07. The van der Waals surface area contributed by atoms with E-state index in [1.165, 1.54) is 11.1 Å². The lowest BCUT2D eigenvalue weighted by molar-refractivity contribution is 0.763. The molecule has 0 spiro atoms. The Labute approximate surface area is 124 Å². The molecule has 0 saturated carbocycles. The molecule has 2 aromatic rings. The van der Waals surface area contributed by atoms with Gasteiger partial charge in [0.2, 0.25) is 0 Å². The first-order chi connectivity index (χ1) is 9.90. The summed E-state index contributed by atoms with van der Waals surface area (Å²) in [5.74, 6) is 1.09. The summed E-state index contributed by atoms with van der Waals surface area (Å²) in [6, 6.07) is 21.4. The Morgan fingerprint density at radius 1 is 0.950 bits per heavy atom. The smallest absolute Gasteiger partial charge is 0.0909 e. The van der Waals surface area contributed by atoms with Crippen molar-refractivity contribution in [1.82, 2.24) is 0 Å². The number of rotatable bonds is 4. The first kappa shape index (κ1) is 13.2. The van der Waals surface area contributed by atoms with Gasteiger partial charge in [0.1, 0.15) is 0 Å². The largest absolute Gasteiger partial charge is 0.274 e. The first-order valence-electron chi connectivity index (χ1n) is 6.88. The fourth-order valence-electron chi connectivity index (χ4n) is 2.25. The average Bonchev–Trinajstić information content (AvgIpc) is 2.95. The van der Waals surface area contributed by atoms with E-state index in [9.17, 15) is 0 Å². The van der Waals surface area contributed by atoms with Crippen LogP contribution in [0.15, 0.2) is 71.7 Å². The normalized spacial score (nSPS) is 18.4. The highest BCUT2D eigenvalue weighted by Crippen LogP contribution is 2.22. The van der Waals surface area contributed by atoms with Gasteiger partial charge in [0.05, 0.1) is 11.1 Å². The topological polar surface area (TPSA) is 12.4 Å². The standard InChI is InChI=1S/C18H17NS/c1-3-7-15(8-4-1)11-12-18-19-17(14-20-18)13-16-9-5-2-6-10-16/h1-12,17H,13-14H2/b12-11+/t17-/m1/s1. The maximum absolute atomic E-state index is 4.79. The van der Waals surface area contributed by atoms with Crippen LogP contribution in [0, 0.1) is 0 Å². The van der Waals surface area contributed by atoms with Crippen LogP contribution in [0.4, 0.5) is 0 Å². The van der Waals surface area contributed by atoms with Gasteiger partial charge in [-0.15, -0.1) is 11.8 Å². The third kappa shape index (κ3) is 3.61. The fraction of sp³-hybridized carbons (Fsp3) is 0.167. The molecule has 0 bridgehead atoms. The van der Waals surface area contributed by atoms with Crippen LogP contribution < -0.4 is 0 Å². The van der Waals surface area contributed by atoms with Gasteiger partial charge in [0.15, 0.2) is 0 Å². The maximum atomic E-state index is 4.79. The van der Waals surface area contributed by atoms with Gasteiger partial charge in [-0.2, -0.15) is 0 Å². The van der Waals surface area contributed by atoms with Crippen LogP contribution in [0.2, 0.25) is 0 Å². The SMILES string of the molecule is C(=C\c1ccccc1)/C1=N[C@H](Cc2ccccc2)CS1. The summed E-state index contributed by atoms with van der Waals surface area (Å²) in [6.07, 6.45) is 5.30. The Kier molecular flexibility index (Phi) is 4.34. The van der Waals surface area contributed by atoms with E-state index in [1.807, 2.05) is 17.8 Å². The monoisotopic (exact) mass is 279 g/mol. The van der Waals surface area contributed by atoms with Crippen molar-refractivity contribution in [3.05, 3.63) is 77.9 Å². The van der Waals surface area contributed by atoms with Gasteiger partial charge < -0.3 is 0 Å². The lowest BCUT2D eigenvalue weighted by atomic mass is 10.1. The Morgan fingerprint density at radius 3 is 2.40 bits per heavy atom. The number of nitrogens with zero attached hydrogens (tertiary/aromatic N) is 1. The van der Waals surface area contributed by atoms with Crippen LogP contribution in [-0.2, 0) is 6.42 Å². The molecule has 1 aliphatic heterocycles. The van der Waals surface area contributed by atoms with Crippen molar-refractivity contribution in [2.45, 2.75) is 12.5 Å². The van der Waals surface area contributed by atoms with E-state index in [2.05, 4.69) is 66.7 Å². The Bertz CT molecular complexity index is 602. The third-order valence-corrected chi connectivity index (χ3v) is 4.35. The number of hydrogen-bond donors (Lipinski definition) is 0. The molecule has 2 aromatic carbocycles. The highest BCUT2D eigenvalue weighted by Gasteiger charge is 2.16. The third-order valence-electron chi connectivity index (χ3n) is 3.27. The first-order valence-corrected chi connectivity index (χ1v) is 7.86. The summed E-state index contributed by atoms with van der Waals surface area (Å²) in [5, 5.41) is 1.15. The minimum atomic E-state index is 0.415. The van der Waals surface area contributed by atoms with Gasteiger partial charge in [-0.25, -0.2) is 0 Å². The molecule has 0 amide bonds. The van der Waals surface area contributed by atoms with Crippen LogP contribution in [0.5, 0.6) is 0 Å². The van der Waals surface area contributed by atoms with E-state index < -0.39 is 0 Å². The highest BCUT2D eigenvalue weighted by molar-refractivity contribution is 8.14. The number of aliphatic imine (C=N–C) groups is 1. The molecule has 1 atom stereocenters. The Hall–Kier alpha value is -1.80. The van der Waals surface area contributed by atoms with Crippen LogP contribution in [0.3, 0.4) is 0 Å².